The van der Waals surface area contributed by atoms with E-state index in [4.69, 9.17) is 4.74 Å². The molecule has 90 valence electrons. The van der Waals surface area contributed by atoms with E-state index in [2.05, 4.69) is 18.3 Å². The van der Waals surface area contributed by atoms with Crippen LogP contribution in [0.25, 0.3) is 0 Å². The molecule has 0 bridgehead atoms. The van der Waals surface area contributed by atoms with Crippen molar-refractivity contribution in [3.05, 3.63) is 29.3 Å². The van der Waals surface area contributed by atoms with Crippen LogP contribution in [0, 0.1) is 6.92 Å². The van der Waals surface area contributed by atoms with Gasteiger partial charge in [-0.1, -0.05) is 24.6 Å². The van der Waals surface area contributed by atoms with E-state index < -0.39 is 0 Å². The lowest BCUT2D eigenvalue weighted by molar-refractivity contribution is 0.167. The number of hydrogen-bond acceptors (Lipinski definition) is 3. The Balaban J connectivity index is 2.55. The van der Waals surface area contributed by atoms with Gasteiger partial charge in [-0.15, -0.1) is 0 Å². The van der Waals surface area contributed by atoms with E-state index in [0.29, 0.717) is 6.54 Å². The molecule has 0 aliphatic rings. The second kappa shape index (κ2) is 6.51. The maximum Gasteiger partial charge on any atom is 0.123 e. The Morgan fingerprint density at radius 1 is 1.44 bits per heavy atom. The Morgan fingerprint density at radius 2 is 2.19 bits per heavy atom. The molecule has 1 aromatic rings. The lowest BCUT2D eigenvalue weighted by atomic mass is 10.1. The first-order chi connectivity index (χ1) is 7.67. The molecule has 0 amide bonds. The van der Waals surface area contributed by atoms with Crippen molar-refractivity contribution in [1.82, 2.24) is 5.32 Å². The molecule has 2 N–H and O–H groups in total. The van der Waals surface area contributed by atoms with Crippen LogP contribution in [-0.2, 0) is 6.54 Å². The minimum Gasteiger partial charge on any atom is -0.496 e. The van der Waals surface area contributed by atoms with Gasteiger partial charge in [0.25, 0.3) is 0 Å². The number of ether oxygens (including phenoxy) is 1. The molecule has 0 saturated carbocycles. The zero-order valence-corrected chi connectivity index (χ0v) is 10.3. The largest absolute Gasteiger partial charge is 0.496 e. The van der Waals surface area contributed by atoms with Crippen LogP contribution >= 0.6 is 0 Å². The molecule has 1 aromatic carbocycles. The van der Waals surface area contributed by atoms with Crippen LogP contribution in [0.1, 0.15) is 24.5 Å². The van der Waals surface area contributed by atoms with Crippen molar-refractivity contribution in [1.29, 1.82) is 0 Å². The fraction of sp³-hybridized carbons (Fsp3) is 0.538. The quantitative estimate of drug-likeness (QED) is 0.773. The zero-order chi connectivity index (χ0) is 12.0. The molecule has 3 nitrogen and oxygen atoms in total. The highest BCUT2D eigenvalue weighted by atomic mass is 16.5. The normalized spacial score (nSPS) is 12.5. The van der Waals surface area contributed by atoms with Gasteiger partial charge in [0.2, 0.25) is 0 Å². The first-order valence-electron chi connectivity index (χ1n) is 5.69. The first kappa shape index (κ1) is 13.0. The van der Waals surface area contributed by atoms with Crippen molar-refractivity contribution in [3.8, 4) is 5.75 Å². The summed E-state index contributed by atoms with van der Waals surface area (Å²) >= 11 is 0. The summed E-state index contributed by atoms with van der Waals surface area (Å²) in [6.07, 6.45) is 0.508. The first-order valence-corrected chi connectivity index (χ1v) is 5.69. The number of aliphatic hydroxyl groups excluding tert-OH is 1. The summed E-state index contributed by atoms with van der Waals surface area (Å²) in [5.41, 5.74) is 2.35. The van der Waals surface area contributed by atoms with Gasteiger partial charge in [0.1, 0.15) is 5.75 Å². The van der Waals surface area contributed by atoms with Crippen molar-refractivity contribution >= 4 is 0 Å². The van der Waals surface area contributed by atoms with Gasteiger partial charge in [-0.25, -0.2) is 0 Å². The standard InChI is InChI=1S/C13H21NO2/c1-4-12(15)9-14-8-11-7-10(2)5-6-13(11)16-3/h5-7,12,14-15H,4,8-9H2,1-3H3. The zero-order valence-electron chi connectivity index (χ0n) is 10.3. The van der Waals surface area contributed by atoms with Crippen molar-refractivity contribution in [2.75, 3.05) is 13.7 Å². The number of benzene rings is 1. The number of aliphatic hydroxyl groups is 1. The SMILES string of the molecule is CCC(O)CNCc1cc(C)ccc1OC. The average molecular weight is 223 g/mol. The number of hydrogen-bond donors (Lipinski definition) is 2. The van der Waals surface area contributed by atoms with Gasteiger partial charge in [-0.2, -0.15) is 0 Å². The molecule has 0 aliphatic heterocycles. The van der Waals surface area contributed by atoms with Gasteiger partial charge in [0.05, 0.1) is 13.2 Å². The molecule has 0 radical (unpaired) electrons. The molecule has 0 fully saturated rings. The van der Waals surface area contributed by atoms with Crippen LogP contribution in [0.4, 0.5) is 0 Å². The third-order valence-corrected chi connectivity index (χ3v) is 2.60. The summed E-state index contributed by atoms with van der Waals surface area (Å²) in [7, 11) is 1.68. The number of aryl methyl sites for hydroxylation is 1. The summed E-state index contributed by atoms with van der Waals surface area (Å²) in [5.74, 6) is 0.893. The number of rotatable bonds is 6. The molecule has 0 saturated heterocycles. The third-order valence-electron chi connectivity index (χ3n) is 2.60. The van der Waals surface area contributed by atoms with Gasteiger partial charge in [-0.3, -0.25) is 0 Å². The average Bonchev–Trinajstić information content (AvgIpc) is 2.29. The number of nitrogens with one attached hydrogen (secondary N) is 1. The van der Waals surface area contributed by atoms with Crippen LogP contribution < -0.4 is 10.1 Å². The van der Waals surface area contributed by atoms with Crippen LogP contribution in [0.5, 0.6) is 5.75 Å². The summed E-state index contributed by atoms with van der Waals surface area (Å²) in [6, 6.07) is 6.11. The van der Waals surface area contributed by atoms with Crippen LogP contribution in [0.2, 0.25) is 0 Å². The second-order valence-corrected chi connectivity index (χ2v) is 4.01. The van der Waals surface area contributed by atoms with Crippen LogP contribution in [0.15, 0.2) is 18.2 Å². The van der Waals surface area contributed by atoms with Gasteiger partial charge < -0.3 is 15.2 Å². The maximum atomic E-state index is 9.42. The Morgan fingerprint density at radius 3 is 2.81 bits per heavy atom. The van der Waals surface area contributed by atoms with E-state index in [-0.39, 0.29) is 6.10 Å². The smallest absolute Gasteiger partial charge is 0.123 e. The minimum absolute atomic E-state index is 0.268. The topological polar surface area (TPSA) is 41.5 Å². The summed E-state index contributed by atoms with van der Waals surface area (Å²) in [5, 5.41) is 12.6. The Labute approximate surface area is 97.4 Å². The Hall–Kier alpha value is -1.06. The van der Waals surface area contributed by atoms with E-state index in [1.54, 1.807) is 7.11 Å². The van der Waals surface area contributed by atoms with Crippen molar-refractivity contribution < 1.29 is 9.84 Å². The molecule has 1 unspecified atom stereocenters. The molecule has 0 heterocycles. The van der Waals surface area contributed by atoms with Crippen molar-refractivity contribution in [2.45, 2.75) is 32.9 Å². The molecular formula is C13H21NO2. The highest BCUT2D eigenvalue weighted by molar-refractivity contribution is 5.36. The van der Waals surface area contributed by atoms with E-state index in [1.807, 2.05) is 19.1 Å². The summed E-state index contributed by atoms with van der Waals surface area (Å²) in [6.45, 7) is 5.37. The van der Waals surface area contributed by atoms with Crippen LogP contribution in [0.3, 0.4) is 0 Å². The van der Waals surface area contributed by atoms with E-state index in [9.17, 15) is 5.11 Å². The predicted molar refractivity (Wildman–Crippen MR) is 65.7 cm³/mol. The summed E-state index contributed by atoms with van der Waals surface area (Å²) in [4.78, 5) is 0. The molecule has 1 rings (SSSR count). The molecular weight excluding hydrogens is 202 g/mol. The van der Waals surface area contributed by atoms with Crippen molar-refractivity contribution in [3.63, 3.8) is 0 Å². The van der Waals surface area contributed by atoms with Gasteiger partial charge in [-0.05, 0) is 19.4 Å². The summed E-state index contributed by atoms with van der Waals surface area (Å²) < 4.78 is 5.28. The number of methoxy groups -OCH3 is 1. The Kier molecular flexibility index (Phi) is 5.29. The second-order valence-electron chi connectivity index (χ2n) is 4.01. The van der Waals surface area contributed by atoms with Crippen LogP contribution in [-0.4, -0.2) is 24.9 Å². The molecule has 1 atom stereocenters. The van der Waals surface area contributed by atoms with Gasteiger partial charge >= 0.3 is 0 Å². The van der Waals surface area contributed by atoms with E-state index in [1.165, 1.54) is 5.56 Å². The lowest BCUT2D eigenvalue weighted by Crippen LogP contribution is -2.25. The molecule has 0 aliphatic carbocycles. The Bertz CT molecular complexity index is 326. The maximum absolute atomic E-state index is 9.42. The fourth-order valence-corrected chi connectivity index (χ4v) is 1.56. The third kappa shape index (κ3) is 3.83. The molecule has 3 heteroatoms. The molecule has 16 heavy (non-hydrogen) atoms. The lowest BCUT2D eigenvalue weighted by Gasteiger charge is -2.12. The van der Waals surface area contributed by atoms with E-state index >= 15 is 0 Å². The minimum atomic E-state index is -0.268. The van der Waals surface area contributed by atoms with Gasteiger partial charge in [0.15, 0.2) is 0 Å². The highest BCUT2D eigenvalue weighted by Gasteiger charge is 2.04. The van der Waals surface area contributed by atoms with Crippen molar-refractivity contribution in [2.24, 2.45) is 0 Å². The monoisotopic (exact) mass is 223 g/mol. The fourth-order valence-electron chi connectivity index (χ4n) is 1.56. The van der Waals surface area contributed by atoms with E-state index in [0.717, 1.165) is 24.3 Å². The van der Waals surface area contributed by atoms with Gasteiger partial charge in [0, 0.05) is 18.7 Å². The molecule has 0 spiro atoms. The predicted octanol–water partition coefficient (Wildman–Crippen LogP) is 1.86. The molecule has 0 aromatic heterocycles. The highest BCUT2D eigenvalue weighted by Crippen LogP contribution is 2.19.